The van der Waals surface area contributed by atoms with Crippen molar-refractivity contribution in [3.05, 3.63) is 0 Å². The van der Waals surface area contributed by atoms with Gasteiger partial charge in [0.2, 0.25) is 5.60 Å². The number of rotatable bonds is 2. The average Bonchev–Trinajstić information content (AvgIpc) is 2.52. The van der Waals surface area contributed by atoms with Crippen LogP contribution in [0.25, 0.3) is 0 Å². The molecule has 3 nitrogen and oxygen atoms in total. The van der Waals surface area contributed by atoms with E-state index < -0.39 is 17.9 Å². The Morgan fingerprint density at radius 3 is 2.67 bits per heavy atom. The van der Waals surface area contributed by atoms with Gasteiger partial charge in [0.05, 0.1) is 0 Å². The molecule has 1 saturated heterocycles. The Balaban J connectivity index is 2.78. The normalized spacial score (nSPS) is 29.3. The molecule has 0 radical (unpaired) electrons. The largest absolute Gasteiger partial charge is 0.360 e. The summed E-state index contributed by atoms with van der Waals surface area (Å²) >= 11 is 0. The summed E-state index contributed by atoms with van der Waals surface area (Å²) in [5.74, 6) is -0.727. The molecule has 0 spiro atoms. The summed E-state index contributed by atoms with van der Waals surface area (Å²) < 4.78 is 29.7. The lowest BCUT2D eigenvalue weighted by atomic mass is 10.00. The molecule has 70 valence electrons. The van der Waals surface area contributed by atoms with E-state index in [1.807, 2.05) is 0 Å². The smallest absolute Gasteiger partial charge is 0.276 e. The van der Waals surface area contributed by atoms with Gasteiger partial charge in [0.1, 0.15) is 0 Å². The monoisotopic (exact) mass is 179 g/mol. The fourth-order valence-electron chi connectivity index (χ4n) is 1.32. The molecule has 0 aromatic carbocycles. The Hall–Kier alpha value is -0.710. The minimum atomic E-state index is -2.75. The zero-order valence-electron chi connectivity index (χ0n) is 6.77. The maximum absolute atomic E-state index is 12.4. The van der Waals surface area contributed by atoms with Crippen LogP contribution in [0.1, 0.15) is 12.8 Å². The van der Waals surface area contributed by atoms with Gasteiger partial charge in [0, 0.05) is 13.7 Å². The van der Waals surface area contributed by atoms with Crippen LogP contribution in [0.4, 0.5) is 8.78 Å². The number of ether oxygens (including phenoxy) is 1. The fraction of sp³-hybridized carbons (Fsp3) is 0.857. The molecule has 5 heteroatoms. The maximum Gasteiger partial charge on any atom is 0.276 e. The number of likely N-dealkylation sites (N-methyl/N-ethyl adjacent to an activating group) is 1. The second-order valence-corrected chi connectivity index (χ2v) is 2.72. The molecule has 12 heavy (non-hydrogen) atoms. The standard InChI is InChI=1S/C7H11F2NO2/c1-10-6(11)7(5(8)9)3-2-4-12-7/h5H,2-4H2,1H3,(H,10,11). The van der Waals surface area contributed by atoms with E-state index in [4.69, 9.17) is 4.74 Å². The molecule has 0 bridgehead atoms. The lowest BCUT2D eigenvalue weighted by Gasteiger charge is -2.24. The predicted molar refractivity (Wildman–Crippen MR) is 38.0 cm³/mol. The number of hydrogen-bond acceptors (Lipinski definition) is 2. The van der Waals surface area contributed by atoms with E-state index in [-0.39, 0.29) is 13.0 Å². The van der Waals surface area contributed by atoms with Gasteiger partial charge in [-0.25, -0.2) is 8.78 Å². The Morgan fingerprint density at radius 2 is 2.33 bits per heavy atom. The highest BCUT2D eigenvalue weighted by Gasteiger charge is 2.50. The summed E-state index contributed by atoms with van der Waals surface area (Å²) in [6.45, 7) is 0.234. The fourth-order valence-corrected chi connectivity index (χ4v) is 1.32. The number of carbonyl (C=O) groups excluding carboxylic acids is 1. The summed E-state index contributed by atoms with van der Waals surface area (Å²) in [5, 5.41) is 2.19. The van der Waals surface area contributed by atoms with Crippen molar-refractivity contribution in [2.75, 3.05) is 13.7 Å². The number of halogens is 2. The van der Waals surface area contributed by atoms with Crippen molar-refractivity contribution in [3.63, 3.8) is 0 Å². The van der Waals surface area contributed by atoms with Gasteiger partial charge >= 0.3 is 0 Å². The van der Waals surface area contributed by atoms with Gasteiger partial charge in [0.25, 0.3) is 12.3 Å². The molecular formula is C7H11F2NO2. The first-order chi connectivity index (χ1) is 5.63. The highest BCUT2D eigenvalue weighted by molar-refractivity contribution is 5.85. The van der Waals surface area contributed by atoms with Crippen LogP contribution in [0, 0.1) is 0 Å². The van der Waals surface area contributed by atoms with E-state index in [9.17, 15) is 13.6 Å². The van der Waals surface area contributed by atoms with Crippen LogP contribution in [0.5, 0.6) is 0 Å². The Kier molecular flexibility index (Phi) is 2.62. The van der Waals surface area contributed by atoms with Crippen molar-refractivity contribution in [1.82, 2.24) is 5.32 Å². The lowest BCUT2D eigenvalue weighted by molar-refractivity contribution is -0.160. The van der Waals surface area contributed by atoms with Gasteiger partial charge in [-0.1, -0.05) is 0 Å². The molecule has 0 saturated carbocycles. The van der Waals surface area contributed by atoms with Crippen LogP contribution >= 0.6 is 0 Å². The molecule has 1 fully saturated rings. The molecule has 1 heterocycles. The third kappa shape index (κ3) is 1.29. The highest BCUT2D eigenvalue weighted by Crippen LogP contribution is 2.31. The second-order valence-electron chi connectivity index (χ2n) is 2.72. The third-order valence-corrected chi connectivity index (χ3v) is 2.02. The SMILES string of the molecule is CNC(=O)C1(C(F)F)CCCO1. The summed E-state index contributed by atoms with van der Waals surface area (Å²) in [5.41, 5.74) is -1.88. The first-order valence-corrected chi connectivity index (χ1v) is 3.78. The van der Waals surface area contributed by atoms with Crippen LogP contribution in [-0.2, 0) is 9.53 Å². The van der Waals surface area contributed by atoms with Gasteiger partial charge in [0.15, 0.2) is 0 Å². The van der Waals surface area contributed by atoms with Crippen molar-refractivity contribution in [2.45, 2.75) is 24.9 Å². The molecule has 1 N–H and O–H groups in total. The number of nitrogens with one attached hydrogen (secondary N) is 1. The molecular weight excluding hydrogens is 168 g/mol. The van der Waals surface area contributed by atoms with Crippen molar-refractivity contribution in [1.29, 1.82) is 0 Å². The Labute approximate surface area is 69.1 Å². The quantitative estimate of drug-likeness (QED) is 0.672. The Morgan fingerprint density at radius 1 is 1.67 bits per heavy atom. The van der Waals surface area contributed by atoms with E-state index >= 15 is 0 Å². The summed E-state index contributed by atoms with van der Waals surface area (Å²) in [4.78, 5) is 11.1. The number of hydrogen-bond donors (Lipinski definition) is 1. The number of alkyl halides is 2. The van der Waals surface area contributed by atoms with Crippen LogP contribution in [0.2, 0.25) is 0 Å². The van der Waals surface area contributed by atoms with E-state index in [1.165, 1.54) is 7.05 Å². The predicted octanol–water partition coefficient (Wildman–Crippen LogP) is 0.547. The molecule has 1 unspecified atom stereocenters. The summed E-state index contributed by atoms with van der Waals surface area (Å²) in [6.07, 6.45) is -2.14. The number of carbonyl (C=O) groups is 1. The minimum absolute atomic E-state index is 0.102. The first kappa shape index (κ1) is 9.38. The lowest BCUT2D eigenvalue weighted by Crippen LogP contribution is -2.50. The second kappa shape index (κ2) is 3.35. The van der Waals surface area contributed by atoms with Gasteiger partial charge in [-0.3, -0.25) is 4.79 Å². The van der Waals surface area contributed by atoms with Gasteiger partial charge in [-0.15, -0.1) is 0 Å². The molecule has 0 aromatic rings. The van der Waals surface area contributed by atoms with E-state index in [1.54, 1.807) is 0 Å². The number of amides is 1. The van der Waals surface area contributed by atoms with E-state index in [2.05, 4.69) is 5.32 Å². The van der Waals surface area contributed by atoms with Gasteiger partial charge < -0.3 is 10.1 Å². The van der Waals surface area contributed by atoms with Crippen molar-refractivity contribution >= 4 is 5.91 Å². The topological polar surface area (TPSA) is 38.3 Å². The molecule has 1 atom stereocenters. The molecule has 0 aliphatic carbocycles. The van der Waals surface area contributed by atoms with Crippen molar-refractivity contribution in [2.24, 2.45) is 0 Å². The highest BCUT2D eigenvalue weighted by atomic mass is 19.3. The molecule has 1 aliphatic rings. The van der Waals surface area contributed by atoms with Crippen LogP contribution in [0.15, 0.2) is 0 Å². The van der Waals surface area contributed by atoms with Crippen LogP contribution in [-0.4, -0.2) is 31.6 Å². The molecule has 0 aromatic heterocycles. The van der Waals surface area contributed by atoms with Gasteiger partial charge in [-0.2, -0.15) is 0 Å². The molecule has 1 rings (SSSR count). The maximum atomic E-state index is 12.4. The van der Waals surface area contributed by atoms with E-state index in [0.717, 1.165) is 0 Å². The summed E-state index contributed by atoms with van der Waals surface area (Å²) in [7, 11) is 1.33. The first-order valence-electron chi connectivity index (χ1n) is 3.78. The van der Waals surface area contributed by atoms with Crippen LogP contribution in [0.3, 0.4) is 0 Å². The van der Waals surface area contributed by atoms with Crippen LogP contribution < -0.4 is 5.32 Å². The summed E-state index contributed by atoms with van der Waals surface area (Å²) in [6, 6.07) is 0. The minimum Gasteiger partial charge on any atom is -0.360 e. The molecule has 1 aliphatic heterocycles. The van der Waals surface area contributed by atoms with E-state index in [0.29, 0.717) is 6.42 Å². The van der Waals surface area contributed by atoms with Gasteiger partial charge in [-0.05, 0) is 12.8 Å². The Bertz CT molecular complexity index is 178. The zero-order chi connectivity index (χ0) is 9.19. The van der Waals surface area contributed by atoms with Crippen molar-refractivity contribution in [3.8, 4) is 0 Å². The zero-order valence-corrected chi connectivity index (χ0v) is 6.77. The average molecular weight is 179 g/mol. The molecule has 1 amide bonds. The van der Waals surface area contributed by atoms with Crippen molar-refractivity contribution < 1.29 is 18.3 Å². The third-order valence-electron chi connectivity index (χ3n) is 2.02.